The van der Waals surface area contributed by atoms with Gasteiger partial charge in [0.25, 0.3) is 0 Å². The minimum Gasteiger partial charge on any atom is -0.494 e. The molecular formula is C19H17N3O2. The Kier molecular flexibility index (Phi) is 3.09. The highest BCUT2D eigenvalue weighted by atomic mass is 16.3. The lowest BCUT2D eigenvalue weighted by Crippen LogP contribution is -2.05. The molecule has 0 aliphatic carbocycles. The highest BCUT2D eigenvalue weighted by molar-refractivity contribution is 5.95. The summed E-state index contributed by atoms with van der Waals surface area (Å²) in [6.07, 6.45) is 3.89. The topological polar surface area (TPSA) is 59.2 Å². The van der Waals surface area contributed by atoms with Crippen molar-refractivity contribution in [2.75, 3.05) is 5.32 Å². The van der Waals surface area contributed by atoms with E-state index in [0.29, 0.717) is 5.69 Å². The minimum atomic E-state index is -0.118. The quantitative estimate of drug-likeness (QED) is 0.590. The molecule has 0 unspecified atom stereocenters. The van der Waals surface area contributed by atoms with Crippen molar-refractivity contribution < 1.29 is 9.90 Å². The molecular weight excluding hydrogens is 302 g/mol. The van der Waals surface area contributed by atoms with Gasteiger partial charge in [-0.25, -0.2) is 0 Å². The molecule has 0 atom stereocenters. The first-order valence-corrected chi connectivity index (χ1v) is 7.70. The molecule has 0 spiro atoms. The van der Waals surface area contributed by atoms with Gasteiger partial charge in [0, 0.05) is 59.4 Å². The maximum absolute atomic E-state index is 11.2. The molecule has 120 valence electrons. The van der Waals surface area contributed by atoms with E-state index >= 15 is 0 Å². The third-order valence-electron chi connectivity index (χ3n) is 4.26. The van der Waals surface area contributed by atoms with E-state index in [4.69, 9.17) is 0 Å². The lowest BCUT2D eigenvalue weighted by Gasteiger charge is -2.05. The minimum absolute atomic E-state index is 0.118. The molecule has 0 aliphatic heterocycles. The number of nitrogens with one attached hydrogen (secondary N) is 1. The molecule has 2 heterocycles. The number of aromatic nitrogens is 2. The largest absolute Gasteiger partial charge is 0.494 e. The van der Waals surface area contributed by atoms with E-state index in [9.17, 15) is 9.90 Å². The molecule has 5 heteroatoms. The van der Waals surface area contributed by atoms with Crippen LogP contribution in [0, 0.1) is 0 Å². The van der Waals surface area contributed by atoms with Crippen molar-refractivity contribution in [1.29, 1.82) is 0 Å². The van der Waals surface area contributed by atoms with E-state index in [1.165, 1.54) is 6.92 Å². The third-order valence-corrected chi connectivity index (χ3v) is 4.26. The standard InChI is InChI=1S/C19H17N3O2/c1-12(23)20-15-3-5-17-14(9-15)11-22(19(17)24)16-4-6-18-13(10-16)7-8-21(18)2/h3-11,24H,1-2H3,(H,20,23). The normalized spacial score (nSPS) is 11.2. The lowest BCUT2D eigenvalue weighted by molar-refractivity contribution is -0.114. The van der Waals surface area contributed by atoms with Crippen molar-refractivity contribution in [2.24, 2.45) is 7.05 Å². The number of anilines is 1. The zero-order valence-electron chi connectivity index (χ0n) is 13.4. The van der Waals surface area contributed by atoms with Crippen LogP contribution in [0.15, 0.2) is 54.9 Å². The summed E-state index contributed by atoms with van der Waals surface area (Å²) in [5, 5.41) is 16.1. The van der Waals surface area contributed by atoms with E-state index in [-0.39, 0.29) is 11.8 Å². The van der Waals surface area contributed by atoms with E-state index in [2.05, 4.69) is 9.88 Å². The lowest BCUT2D eigenvalue weighted by atomic mass is 10.2. The average molecular weight is 319 g/mol. The van der Waals surface area contributed by atoms with Crippen LogP contribution in [0.4, 0.5) is 5.69 Å². The zero-order chi connectivity index (χ0) is 16.8. The first-order valence-electron chi connectivity index (χ1n) is 7.70. The molecule has 1 amide bonds. The highest BCUT2D eigenvalue weighted by Crippen LogP contribution is 2.32. The van der Waals surface area contributed by atoms with Gasteiger partial charge in [0.15, 0.2) is 0 Å². The number of rotatable bonds is 2. The summed E-state index contributed by atoms with van der Waals surface area (Å²) >= 11 is 0. The van der Waals surface area contributed by atoms with Gasteiger partial charge in [-0.15, -0.1) is 0 Å². The summed E-state index contributed by atoms with van der Waals surface area (Å²) in [7, 11) is 2.01. The predicted octanol–water partition coefficient (Wildman–Crippen LogP) is 3.79. The smallest absolute Gasteiger partial charge is 0.221 e. The van der Waals surface area contributed by atoms with Crippen molar-refractivity contribution in [1.82, 2.24) is 9.13 Å². The molecule has 0 radical (unpaired) electrons. The summed E-state index contributed by atoms with van der Waals surface area (Å²) < 4.78 is 3.82. The Hall–Kier alpha value is -3.21. The Morgan fingerprint density at radius 3 is 2.71 bits per heavy atom. The Labute approximate surface area is 138 Å². The van der Waals surface area contributed by atoms with E-state index in [0.717, 1.165) is 27.4 Å². The van der Waals surface area contributed by atoms with Crippen LogP contribution in [0.2, 0.25) is 0 Å². The van der Waals surface area contributed by atoms with Crippen molar-refractivity contribution in [2.45, 2.75) is 6.92 Å². The van der Waals surface area contributed by atoms with Gasteiger partial charge in [-0.2, -0.15) is 0 Å². The predicted molar refractivity (Wildman–Crippen MR) is 95.7 cm³/mol. The molecule has 5 nitrogen and oxygen atoms in total. The van der Waals surface area contributed by atoms with Gasteiger partial charge < -0.3 is 15.0 Å². The number of aromatic hydroxyl groups is 1. The molecule has 24 heavy (non-hydrogen) atoms. The SMILES string of the molecule is CC(=O)Nc1ccc2c(O)n(-c3ccc4c(ccn4C)c3)cc2c1. The van der Waals surface area contributed by atoms with Crippen LogP contribution >= 0.6 is 0 Å². The number of amides is 1. The van der Waals surface area contributed by atoms with Gasteiger partial charge in [0.05, 0.1) is 0 Å². The number of carbonyl (C=O) groups is 1. The number of nitrogens with zero attached hydrogens (tertiary/aromatic N) is 2. The van der Waals surface area contributed by atoms with Crippen LogP contribution in [0.5, 0.6) is 5.88 Å². The van der Waals surface area contributed by atoms with Crippen LogP contribution in [-0.4, -0.2) is 20.1 Å². The summed E-state index contributed by atoms with van der Waals surface area (Å²) in [6, 6.07) is 13.6. The van der Waals surface area contributed by atoms with E-state index < -0.39 is 0 Å². The van der Waals surface area contributed by atoms with Crippen LogP contribution < -0.4 is 5.32 Å². The number of aryl methyl sites for hydroxylation is 1. The van der Waals surface area contributed by atoms with E-state index in [1.807, 2.05) is 55.8 Å². The number of hydrogen-bond donors (Lipinski definition) is 2. The first kappa shape index (κ1) is 14.4. The molecule has 4 rings (SSSR count). The molecule has 0 fully saturated rings. The van der Waals surface area contributed by atoms with Gasteiger partial charge in [-0.05, 0) is 42.5 Å². The second-order valence-corrected chi connectivity index (χ2v) is 5.98. The molecule has 4 aromatic rings. The number of fused-ring (bicyclic) bond motifs is 2. The number of hydrogen-bond acceptors (Lipinski definition) is 2. The molecule has 0 saturated heterocycles. The maximum atomic E-state index is 11.2. The second-order valence-electron chi connectivity index (χ2n) is 5.98. The van der Waals surface area contributed by atoms with Crippen LogP contribution in [0.3, 0.4) is 0 Å². The van der Waals surface area contributed by atoms with Gasteiger partial charge in [-0.1, -0.05) is 0 Å². The Morgan fingerprint density at radius 1 is 1.08 bits per heavy atom. The summed E-state index contributed by atoms with van der Waals surface area (Å²) in [5.41, 5.74) is 2.75. The van der Waals surface area contributed by atoms with Gasteiger partial charge in [0.2, 0.25) is 11.8 Å². The van der Waals surface area contributed by atoms with Crippen LogP contribution in [0.1, 0.15) is 6.92 Å². The molecule has 0 aliphatic rings. The van der Waals surface area contributed by atoms with E-state index in [1.54, 1.807) is 10.6 Å². The van der Waals surface area contributed by atoms with Gasteiger partial charge in [-0.3, -0.25) is 9.36 Å². The second kappa shape index (κ2) is 5.16. The molecule has 0 bridgehead atoms. The zero-order valence-corrected chi connectivity index (χ0v) is 13.4. The van der Waals surface area contributed by atoms with Gasteiger partial charge in [0.1, 0.15) is 0 Å². The molecule has 2 N–H and O–H groups in total. The Bertz CT molecular complexity index is 1090. The summed E-state index contributed by atoms with van der Waals surface area (Å²) in [5.74, 6) is 0.0715. The highest BCUT2D eigenvalue weighted by Gasteiger charge is 2.11. The monoisotopic (exact) mass is 319 g/mol. The van der Waals surface area contributed by atoms with Crippen molar-refractivity contribution >= 4 is 33.3 Å². The van der Waals surface area contributed by atoms with Crippen molar-refractivity contribution in [3.05, 3.63) is 54.9 Å². The fourth-order valence-corrected chi connectivity index (χ4v) is 3.10. The van der Waals surface area contributed by atoms with Crippen LogP contribution in [0.25, 0.3) is 27.4 Å². The molecule has 2 aromatic carbocycles. The summed E-state index contributed by atoms with van der Waals surface area (Å²) in [6.45, 7) is 1.47. The first-order chi connectivity index (χ1) is 11.5. The van der Waals surface area contributed by atoms with Crippen LogP contribution in [-0.2, 0) is 11.8 Å². The Balaban J connectivity index is 1.85. The Morgan fingerprint density at radius 2 is 1.92 bits per heavy atom. The average Bonchev–Trinajstić information content (AvgIpc) is 3.07. The maximum Gasteiger partial charge on any atom is 0.221 e. The van der Waals surface area contributed by atoms with Crippen molar-refractivity contribution in [3.8, 4) is 11.6 Å². The molecule has 0 saturated carbocycles. The number of benzene rings is 2. The number of carbonyl (C=O) groups excluding carboxylic acids is 1. The van der Waals surface area contributed by atoms with Crippen molar-refractivity contribution in [3.63, 3.8) is 0 Å². The fourth-order valence-electron chi connectivity index (χ4n) is 3.10. The van der Waals surface area contributed by atoms with Gasteiger partial charge >= 0.3 is 0 Å². The fraction of sp³-hybridized carbons (Fsp3) is 0.105. The summed E-state index contributed by atoms with van der Waals surface area (Å²) in [4.78, 5) is 11.2. The third kappa shape index (κ3) is 2.22. The molecule has 2 aromatic heterocycles.